The van der Waals surface area contributed by atoms with Crippen molar-refractivity contribution in [1.29, 1.82) is 0 Å². The minimum atomic E-state index is -0.608. The zero-order valence-electron chi connectivity index (χ0n) is 39.7. The topological polar surface area (TPSA) is 9.72 Å². The number of fused-ring (bicyclic) bond motifs is 15. The monoisotopic (exact) mass is 947 g/mol. The second-order valence-electron chi connectivity index (χ2n) is 19.2. The predicted octanol–water partition coefficient (Wildman–Crippen LogP) is 19.4. The third-order valence-corrected chi connectivity index (χ3v) is 16.6. The van der Waals surface area contributed by atoms with Crippen LogP contribution >= 0.6 is 11.3 Å². The predicted molar refractivity (Wildman–Crippen MR) is 309 cm³/mol. The molecule has 13 aromatic rings. The summed E-state index contributed by atoms with van der Waals surface area (Å²) in [5.41, 5.74) is 17.3. The van der Waals surface area contributed by atoms with Crippen molar-refractivity contribution in [2.45, 2.75) is 5.41 Å². The molecule has 3 nitrogen and oxygen atoms in total. The maximum Gasteiger partial charge on any atom is 0.0755 e. The summed E-state index contributed by atoms with van der Waals surface area (Å²) in [6.45, 7) is 0. The molecular formula is C69H45N3S. The first-order valence-electron chi connectivity index (χ1n) is 25.1. The minimum absolute atomic E-state index is 0.608. The van der Waals surface area contributed by atoms with Gasteiger partial charge >= 0.3 is 0 Å². The molecule has 0 bridgehead atoms. The Morgan fingerprint density at radius 3 is 1.47 bits per heavy atom. The van der Waals surface area contributed by atoms with Crippen molar-refractivity contribution in [2.24, 2.45) is 0 Å². The van der Waals surface area contributed by atoms with E-state index in [0.717, 1.165) is 34.1 Å². The van der Waals surface area contributed by atoms with Crippen LogP contribution in [0.5, 0.6) is 0 Å². The summed E-state index contributed by atoms with van der Waals surface area (Å²) >= 11 is 1.91. The minimum Gasteiger partial charge on any atom is -0.310 e. The van der Waals surface area contributed by atoms with Gasteiger partial charge in [-0.05, 0) is 134 Å². The summed E-state index contributed by atoms with van der Waals surface area (Å²) in [7, 11) is 0. The van der Waals surface area contributed by atoms with Crippen molar-refractivity contribution in [3.8, 4) is 11.1 Å². The van der Waals surface area contributed by atoms with E-state index in [1.807, 2.05) is 11.3 Å². The van der Waals surface area contributed by atoms with Crippen LogP contribution in [0.15, 0.2) is 273 Å². The van der Waals surface area contributed by atoms with Gasteiger partial charge in [0, 0.05) is 49.3 Å². The number of hydrogen-bond acceptors (Lipinski definition) is 4. The van der Waals surface area contributed by atoms with Gasteiger partial charge in [0.05, 0.1) is 32.9 Å². The van der Waals surface area contributed by atoms with E-state index < -0.39 is 5.41 Å². The van der Waals surface area contributed by atoms with Crippen molar-refractivity contribution < 1.29 is 0 Å². The van der Waals surface area contributed by atoms with Crippen molar-refractivity contribution in [1.82, 2.24) is 0 Å². The van der Waals surface area contributed by atoms with E-state index in [4.69, 9.17) is 0 Å². The van der Waals surface area contributed by atoms with Gasteiger partial charge in [0.2, 0.25) is 0 Å². The van der Waals surface area contributed by atoms with Crippen molar-refractivity contribution >= 4 is 104 Å². The highest BCUT2D eigenvalue weighted by atomic mass is 32.1. The van der Waals surface area contributed by atoms with Crippen LogP contribution in [0.2, 0.25) is 0 Å². The number of anilines is 9. The molecule has 73 heavy (non-hydrogen) atoms. The van der Waals surface area contributed by atoms with Crippen molar-refractivity contribution in [3.05, 3.63) is 295 Å². The number of thiophene rings is 1. The lowest BCUT2D eigenvalue weighted by molar-refractivity contribution is 0.752. The second-order valence-corrected chi connectivity index (χ2v) is 20.2. The standard InChI is InChI=1S/C69H45N3S/c1-5-25-48(26-6-1)70(52-41-42-56-55-35-17-18-36-58(55)69(61(56)45-52)59-37-19-21-39-62(59)72(51-31-11-4-12-32-51)63-40-22-20-38-60(63)69)64-44-47-24-14-16-34-54(47)67-65(64)57-43-46-23-13-15-33-53(46)66(68(57)73-67)71(49-27-7-2-8-28-49)50-29-9-3-10-30-50/h1-45H. The Labute approximate surface area is 428 Å². The van der Waals surface area contributed by atoms with Gasteiger partial charge in [0.1, 0.15) is 0 Å². The Morgan fingerprint density at radius 1 is 0.329 bits per heavy atom. The molecule has 1 aliphatic heterocycles. The van der Waals surface area contributed by atoms with Crippen LogP contribution in [0.4, 0.5) is 51.2 Å². The van der Waals surface area contributed by atoms with E-state index in [0.29, 0.717) is 0 Å². The molecular weight excluding hydrogens is 903 g/mol. The number of hydrogen-bond donors (Lipinski definition) is 0. The lowest BCUT2D eigenvalue weighted by Gasteiger charge is -2.45. The Hall–Kier alpha value is -9.22. The number of para-hydroxylation sites is 6. The van der Waals surface area contributed by atoms with Crippen molar-refractivity contribution in [2.75, 3.05) is 14.7 Å². The highest BCUT2D eigenvalue weighted by Crippen LogP contribution is 2.64. The Bertz CT molecular complexity index is 4190. The zero-order chi connectivity index (χ0) is 48.0. The largest absolute Gasteiger partial charge is 0.310 e. The van der Waals surface area contributed by atoms with Crippen LogP contribution in [0.25, 0.3) is 52.8 Å². The van der Waals surface area contributed by atoms with Gasteiger partial charge in [-0.2, -0.15) is 0 Å². The number of rotatable bonds is 7. The number of nitrogens with zero attached hydrogens (tertiary/aromatic N) is 3. The van der Waals surface area contributed by atoms with E-state index in [1.165, 1.54) is 92.2 Å². The van der Waals surface area contributed by atoms with E-state index in [1.54, 1.807) is 0 Å². The van der Waals surface area contributed by atoms with Crippen LogP contribution in [-0.2, 0) is 5.41 Å². The van der Waals surface area contributed by atoms with Gasteiger partial charge in [-0.1, -0.05) is 188 Å². The average molecular weight is 948 g/mol. The van der Waals surface area contributed by atoms with E-state index in [2.05, 4.69) is 288 Å². The fourth-order valence-corrected chi connectivity index (χ4v) is 13.8. The average Bonchev–Trinajstić information content (AvgIpc) is 3.98. The first-order valence-corrected chi connectivity index (χ1v) is 25.9. The first kappa shape index (κ1) is 41.6. The summed E-state index contributed by atoms with van der Waals surface area (Å²) in [6, 6.07) is 101. The van der Waals surface area contributed by atoms with Crippen LogP contribution in [0.1, 0.15) is 22.3 Å². The van der Waals surface area contributed by atoms with Crippen LogP contribution < -0.4 is 14.7 Å². The fourth-order valence-electron chi connectivity index (χ4n) is 12.4. The second kappa shape index (κ2) is 16.4. The summed E-state index contributed by atoms with van der Waals surface area (Å²) in [5.74, 6) is 0. The lowest BCUT2D eigenvalue weighted by atomic mass is 9.64. The molecule has 12 aromatic carbocycles. The highest BCUT2D eigenvalue weighted by Gasteiger charge is 2.52. The number of benzene rings is 12. The smallest absolute Gasteiger partial charge is 0.0755 e. The third kappa shape index (κ3) is 6.11. The molecule has 0 N–H and O–H groups in total. The van der Waals surface area contributed by atoms with E-state index >= 15 is 0 Å². The molecule has 0 fully saturated rings. The molecule has 1 spiro atoms. The van der Waals surface area contributed by atoms with Gasteiger partial charge < -0.3 is 14.7 Å². The summed E-state index contributed by atoms with van der Waals surface area (Å²) in [4.78, 5) is 7.46. The van der Waals surface area contributed by atoms with Crippen LogP contribution in [-0.4, -0.2) is 0 Å². The van der Waals surface area contributed by atoms with E-state index in [9.17, 15) is 0 Å². The van der Waals surface area contributed by atoms with Crippen LogP contribution in [0.3, 0.4) is 0 Å². The van der Waals surface area contributed by atoms with Gasteiger partial charge in [-0.3, -0.25) is 0 Å². The molecule has 1 aliphatic carbocycles. The molecule has 0 radical (unpaired) electrons. The molecule has 342 valence electrons. The molecule has 0 unspecified atom stereocenters. The molecule has 0 atom stereocenters. The summed E-state index contributed by atoms with van der Waals surface area (Å²) in [5, 5.41) is 7.33. The highest BCUT2D eigenvalue weighted by molar-refractivity contribution is 7.27. The van der Waals surface area contributed by atoms with Gasteiger partial charge in [0.15, 0.2) is 0 Å². The molecule has 4 heteroatoms. The van der Waals surface area contributed by atoms with E-state index in [-0.39, 0.29) is 0 Å². The van der Waals surface area contributed by atoms with Gasteiger partial charge in [0.25, 0.3) is 0 Å². The molecule has 0 saturated heterocycles. The Morgan fingerprint density at radius 2 is 0.822 bits per heavy atom. The zero-order valence-corrected chi connectivity index (χ0v) is 40.5. The fraction of sp³-hybridized carbons (Fsp3) is 0.0145. The normalized spacial score (nSPS) is 13.0. The maximum absolute atomic E-state index is 2.54. The molecule has 0 amide bonds. The van der Waals surface area contributed by atoms with Gasteiger partial charge in [-0.25, -0.2) is 0 Å². The SMILES string of the molecule is c1ccc(N2c3ccccc3C3(c4ccccc4-c4ccc(N(c5ccccc5)c5cc6ccccc6c6sc7c(N(c8ccccc8)c8ccccc8)c8ccccc8cc7c56)cc43)c3ccccc32)cc1. The summed E-state index contributed by atoms with van der Waals surface area (Å²) < 4.78 is 2.51. The van der Waals surface area contributed by atoms with Crippen LogP contribution in [0, 0.1) is 0 Å². The molecule has 15 rings (SSSR count). The molecule has 2 aliphatic rings. The molecule has 1 aromatic heterocycles. The van der Waals surface area contributed by atoms with Gasteiger partial charge in [-0.15, -0.1) is 11.3 Å². The lowest BCUT2D eigenvalue weighted by Crippen LogP contribution is -2.36. The maximum atomic E-state index is 2.54. The summed E-state index contributed by atoms with van der Waals surface area (Å²) in [6.07, 6.45) is 0. The quantitative estimate of drug-likeness (QED) is 0.158. The third-order valence-electron chi connectivity index (χ3n) is 15.3. The first-order chi connectivity index (χ1) is 36.3. The molecule has 2 heterocycles. The van der Waals surface area contributed by atoms with Crippen molar-refractivity contribution in [3.63, 3.8) is 0 Å². The Kier molecular flexibility index (Phi) is 9.35. The Balaban J connectivity index is 1.04. The molecule has 0 saturated carbocycles.